The minimum atomic E-state index is -0.469. The third-order valence-corrected chi connectivity index (χ3v) is 3.94. The van der Waals surface area contributed by atoms with Crippen molar-refractivity contribution in [3.8, 4) is 0 Å². The number of thiophene rings is 1. The number of aromatic nitrogens is 1. The first kappa shape index (κ1) is 15.2. The molecule has 7 nitrogen and oxygen atoms in total. The third-order valence-electron chi connectivity index (χ3n) is 2.99. The summed E-state index contributed by atoms with van der Waals surface area (Å²) in [5.74, 6) is 6.29. The van der Waals surface area contributed by atoms with E-state index >= 15 is 0 Å². The van der Waals surface area contributed by atoms with Crippen LogP contribution in [0.1, 0.15) is 24.8 Å². The molecule has 112 valence electrons. The molecule has 0 aliphatic rings. The Morgan fingerprint density at radius 3 is 2.62 bits per heavy atom. The van der Waals surface area contributed by atoms with E-state index in [1.165, 1.54) is 12.1 Å². The molecule has 2 aromatic heterocycles. The highest BCUT2D eigenvalue weighted by atomic mass is 32.1. The van der Waals surface area contributed by atoms with Crippen LogP contribution in [0.15, 0.2) is 29.6 Å². The van der Waals surface area contributed by atoms with Gasteiger partial charge < -0.3 is 10.7 Å². The molecule has 0 bridgehead atoms. The predicted octanol–water partition coefficient (Wildman–Crippen LogP) is 3.15. The highest BCUT2D eigenvalue weighted by Gasteiger charge is 2.19. The van der Waals surface area contributed by atoms with Crippen molar-refractivity contribution in [2.45, 2.75) is 19.9 Å². The van der Waals surface area contributed by atoms with Crippen LogP contribution in [-0.4, -0.2) is 9.91 Å². The van der Waals surface area contributed by atoms with Gasteiger partial charge in [0.2, 0.25) is 0 Å². The fraction of sp³-hybridized carbons (Fsp3) is 0.308. The van der Waals surface area contributed by atoms with Crippen LogP contribution in [0.25, 0.3) is 0 Å². The summed E-state index contributed by atoms with van der Waals surface area (Å²) in [4.78, 5) is 15.9. The first-order chi connectivity index (χ1) is 10.0. The molecule has 0 aliphatic carbocycles. The largest absolute Gasteiger partial charge is 0.362 e. The topological polar surface area (TPSA) is 106 Å². The van der Waals surface area contributed by atoms with Gasteiger partial charge in [-0.3, -0.25) is 10.1 Å². The molecule has 0 amide bonds. The maximum Gasteiger partial charge on any atom is 0.276 e. The first-order valence-corrected chi connectivity index (χ1v) is 7.32. The van der Waals surface area contributed by atoms with Crippen molar-refractivity contribution in [3.63, 3.8) is 0 Å². The van der Waals surface area contributed by atoms with Crippen molar-refractivity contribution in [3.05, 3.63) is 44.6 Å². The normalized spacial score (nSPS) is 12.2. The second-order valence-electron chi connectivity index (χ2n) is 4.88. The van der Waals surface area contributed by atoms with Crippen LogP contribution in [0.4, 0.5) is 17.3 Å². The molecular weight excluding hydrogens is 290 g/mol. The highest BCUT2D eigenvalue weighted by molar-refractivity contribution is 7.10. The molecule has 21 heavy (non-hydrogen) atoms. The third kappa shape index (κ3) is 3.67. The standard InChI is InChI=1S/C13H17N5O2S/c1-8(2)13(10-4-3-5-21-10)16-11-6-9(18(19)20)7-12(15-11)17-14/h3-8,13H,14H2,1-2H3,(H2,15,16,17). The summed E-state index contributed by atoms with van der Waals surface area (Å²) in [7, 11) is 0. The molecule has 0 aliphatic heterocycles. The zero-order valence-corrected chi connectivity index (χ0v) is 12.6. The van der Waals surface area contributed by atoms with Gasteiger partial charge in [0.25, 0.3) is 5.69 Å². The summed E-state index contributed by atoms with van der Waals surface area (Å²) in [6, 6.07) is 6.74. The lowest BCUT2D eigenvalue weighted by Crippen LogP contribution is -2.17. The number of nitrogen functional groups attached to an aromatic ring is 1. The van der Waals surface area contributed by atoms with Crippen LogP contribution in [-0.2, 0) is 0 Å². The Morgan fingerprint density at radius 1 is 1.38 bits per heavy atom. The summed E-state index contributed by atoms with van der Waals surface area (Å²) in [5.41, 5.74) is 2.29. The maximum atomic E-state index is 11.0. The van der Waals surface area contributed by atoms with E-state index in [-0.39, 0.29) is 17.5 Å². The molecule has 4 N–H and O–H groups in total. The van der Waals surface area contributed by atoms with Crippen molar-refractivity contribution in [1.82, 2.24) is 4.98 Å². The Bertz CT molecular complexity index is 615. The van der Waals surface area contributed by atoms with E-state index in [0.717, 1.165) is 4.88 Å². The molecule has 0 aromatic carbocycles. The molecule has 2 rings (SSSR count). The fourth-order valence-corrected chi connectivity index (χ4v) is 2.91. The lowest BCUT2D eigenvalue weighted by Gasteiger charge is -2.22. The van der Waals surface area contributed by atoms with Crippen molar-refractivity contribution < 1.29 is 4.92 Å². The van der Waals surface area contributed by atoms with E-state index in [1.54, 1.807) is 11.3 Å². The zero-order valence-electron chi connectivity index (χ0n) is 11.7. The molecule has 2 heterocycles. The molecule has 1 unspecified atom stereocenters. The number of nitrogens with zero attached hydrogens (tertiary/aromatic N) is 2. The van der Waals surface area contributed by atoms with Gasteiger partial charge in [0.1, 0.15) is 11.6 Å². The van der Waals surface area contributed by atoms with Gasteiger partial charge >= 0.3 is 0 Å². The lowest BCUT2D eigenvalue weighted by atomic mass is 10.0. The van der Waals surface area contributed by atoms with E-state index in [4.69, 9.17) is 5.84 Å². The van der Waals surface area contributed by atoms with E-state index in [1.807, 2.05) is 17.5 Å². The molecular formula is C13H17N5O2S. The second-order valence-corrected chi connectivity index (χ2v) is 5.86. The van der Waals surface area contributed by atoms with Gasteiger partial charge in [-0.15, -0.1) is 11.3 Å². The van der Waals surface area contributed by atoms with Crippen LogP contribution in [0.5, 0.6) is 0 Å². The number of nitrogens with two attached hydrogens (primary N) is 1. The van der Waals surface area contributed by atoms with Gasteiger partial charge in [0, 0.05) is 4.88 Å². The molecule has 1 atom stereocenters. The summed E-state index contributed by atoms with van der Waals surface area (Å²) in [6.45, 7) is 4.16. The lowest BCUT2D eigenvalue weighted by molar-refractivity contribution is -0.384. The summed E-state index contributed by atoms with van der Waals surface area (Å²) in [6.07, 6.45) is 0. The van der Waals surface area contributed by atoms with Crippen LogP contribution in [0, 0.1) is 16.0 Å². The number of rotatable bonds is 6. The van der Waals surface area contributed by atoms with Crippen molar-refractivity contribution >= 4 is 28.7 Å². The Labute approximate surface area is 126 Å². The molecule has 0 fully saturated rings. The van der Waals surface area contributed by atoms with Crippen molar-refractivity contribution in [2.24, 2.45) is 11.8 Å². The average molecular weight is 307 g/mol. The van der Waals surface area contributed by atoms with Crippen LogP contribution < -0.4 is 16.6 Å². The minimum absolute atomic E-state index is 0.0325. The van der Waals surface area contributed by atoms with E-state index in [9.17, 15) is 10.1 Å². The SMILES string of the molecule is CC(C)C(Nc1cc([N+](=O)[O-])cc(NN)n1)c1cccs1. The van der Waals surface area contributed by atoms with E-state index in [0.29, 0.717) is 11.7 Å². The second kappa shape index (κ2) is 6.51. The number of anilines is 2. The monoisotopic (exact) mass is 307 g/mol. The average Bonchev–Trinajstić information content (AvgIpc) is 2.97. The number of hydrazine groups is 1. The number of nitrogens with one attached hydrogen (secondary N) is 2. The first-order valence-electron chi connectivity index (χ1n) is 6.44. The minimum Gasteiger partial charge on any atom is -0.362 e. The highest BCUT2D eigenvalue weighted by Crippen LogP contribution is 2.30. The fourth-order valence-electron chi connectivity index (χ4n) is 1.96. The van der Waals surface area contributed by atoms with E-state index < -0.39 is 4.92 Å². The van der Waals surface area contributed by atoms with Gasteiger partial charge in [0.05, 0.1) is 23.1 Å². The number of hydrogen-bond donors (Lipinski definition) is 3. The van der Waals surface area contributed by atoms with Gasteiger partial charge in [-0.25, -0.2) is 10.8 Å². The number of nitro groups is 1. The van der Waals surface area contributed by atoms with Crippen molar-refractivity contribution in [1.29, 1.82) is 0 Å². The van der Waals surface area contributed by atoms with E-state index in [2.05, 4.69) is 29.6 Å². The Morgan fingerprint density at radius 2 is 2.10 bits per heavy atom. The Balaban J connectivity index is 2.32. The smallest absolute Gasteiger partial charge is 0.276 e. The summed E-state index contributed by atoms with van der Waals surface area (Å²) < 4.78 is 0. The molecule has 0 saturated carbocycles. The molecule has 2 aromatic rings. The summed E-state index contributed by atoms with van der Waals surface area (Å²) >= 11 is 1.63. The number of hydrogen-bond acceptors (Lipinski definition) is 7. The van der Waals surface area contributed by atoms with Crippen LogP contribution in [0.2, 0.25) is 0 Å². The van der Waals surface area contributed by atoms with Gasteiger partial charge in [-0.1, -0.05) is 19.9 Å². The molecule has 0 spiro atoms. The molecule has 8 heteroatoms. The predicted molar refractivity (Wildman–Crippen MR) is 84.2 cm³/mol. The Hall–Kier alpha value is -2.19. The van der Waals surface area contributed by atoms with Gasteiger partial charge in [-0.05, 0) is 17.4 Å². The maximum absolute atomic E-state index is 11.0. The quantitative estimate of drug-likeness (QED) is 0.430. The zero-order chi connectivity index (χ0) is 15.4. The molecule has 0 saturated heterocycles. The van der Waals surface area contributed by atoms with Crippen LogP contribution in [0.3, 0.4) is 0 Å². The summed E-state index contributed by atoms with van der Waals surface area (Å²) in [5, 5.41) is 16.2. The number of pyridine rings is 1. The van der Waals surface area contributed by atoms with Gasteiger partial charge in [-0.2, -0.15) is 0 Å². The Kier molecular flexibility index (Phi) is 4.71. The van der Waals surface area contributed by atoms with Crippen LogP contribution >= 0.6 is 11.3 Å². The van der Waals surface area contributed by atoms with Crippen molar-refractivity contribution in [2.75, 3.05) is 10.7 Å². The van der Waals surface area contributed by atoms with Gasteiger partial charge in [0.15, 0.2) is 0 Å². The molecule has 0 radical (unpaired) electrons.